The molecule has 5 nitrogen and oxygen atoms in total. The standard InChI is InChI=1S/C24H37N3O2/c1-20(26-15-13-25(14-16-26)19-23-8-5-17-29-23)24(28)27-11-9-22(10-12-27)18-21-6-3-2-4-7-21/h2-4,6-7,20,22-23H,5,8-19H2,1H3. The van der Waals surface area contributed by atoms with E-state index in [2.05, 4.69) is 52.0 Å². The van der Waals surface area contributed by atoms with Crippen LogP contribution in [0.4, 0.5) is 0 Å². The maximum Gasteiger partial charge on any atom is 0.239 e. The average molecular weight is 400 g/mol. The molecule has 160 valence electrons. The molecule has 1 aromatic carbocycles. The third-order valence-corrected chi connectivity index (χ3v) is 7.09. The molecule has 1 aromatic rings. The van der Waals surface area contributed by atoms with E-state index in [1.165, 1.54) is 18.4 Å². The van der Waals surface area contributed by atoms with E-state index in [0.717, 1.165) is 71.7 Å². The summed E-state index contributed by atoms with van der Waals surface area (Å²) in [5.74, 6) is 1.04. The van der Waals surface area contributed by atoms with E-state index in [-0.39, 0.29) is 6.04 Å². The first kappa shape index (κ1) is 20.8. The summed E-state index contributed by atoms with van der Waals surface area (Å²) in [7, 11) is 0. The molecule has 0 radical (unpaired) electrons. The highest BCUT2D eigenvalue weighted by Gasteiger charge is 2.31. The summed E-state index contributed by atoms with van der Waals surface area (Å²) in [6.45, 7) is 10.0. The Labute approximate surface area is 176 Å². The first-order valence-electron chi connectivity index (χ1n) is 11.6. The average Bonchev–Trinajstić information content (AvgIpc) is 3.28. The van der Waals surface area contributed by atoms with Crippen LogP contribution in [0.2, 0.25) is 0 Å². The number of hydrogen-bond donors (Lipinski definition) is 0. The van der Waals surface area contributed by atoms with E-state index in [1.54, 1.807) is 0 Å². The van der Waals surface area contributed by atoms with Crippen LogP contribution in [0.5, 0.6) is 0 Å². The molecule has 2 atom stereocenters. The smallest absolute Gasteiger partial charge is 0.239 e. The molecule has 1 amide bonds. The van der Waals surface area contributed by atoms with Gasteiger partial charge in [-0.15, -0.1) is 0 Å². The zero-order chi connectivity index (χ0) is 20.1. The molecule has 2 unspecified atom stereocenters. The van der Waals surface area contributed by atoms with Gasteiger partial charge in [0.05, 0.1) is 12.1 Å². The molecule has 5 heteroatoms. The molecule has 0 aromatic heterocycles. The number of piperidine rings is 1. The van der Waals surface area contributed by atoms with Crippen LogP contribution >= 0.6 is 0 Å². The van der Waals surface area contributed by atoms with Crippen molar-refractivity contribution >= 4 is 5.91 Å². The monoisotopic (exact) mass is 399 g/mol. The first-order chi connectivity index (χ1) is 14.2. The Bertz CT molecular complexity index is 631. The molecule has 3 saturated heterocycles. The normalized spacial score (nSPS) is 26.0. The minimum Gasteiger partial charge on any atom is -0.377 e. The zero-order valence-electron chi connectivity index (χ0n) is 18.0. The van der Waals surface area contributed by atoms with E-state index in [9.17, 15) is 4.79 Å². The molecule has 3 heterocycles. The predicted octanol–water partition coefficient (Wildman–Crippen LogP) is 2.65. The second kappa shape index (κ2) is 10.1. The number of nitrogens with zero attached hydrogens (tertiary/aromatic N) is 3. The lowest BCUT2D eigenvalue weighted by Gasteiger charge is -2.40. The number of amides is 1. The van der Waals surface area contributed by atoms with Crippen molar-refractivity contribution in [3.05, 3.63) is 35.9 Å². The second-order valence-corrected chi connectivity index (χ2v) is 9.11. The third-order valence-electron chi connectivity index (χ3n) is 7.09. The number of rotatable bonds is 6. The van der Waals surface area contributed by atoms with Gasteiger partial charge < -0.3 is 9.64 Å². The van der Waals surface area contributed by atoms with Crippen LogP contribution in [0.25, 0.3) is 0 Å². The molecule has 4 rings (SSSR count). The molecule has 0 spiro atoms. The highest BCUT2D eigenvalue weighted by Crippen LogP contribution is 2.23. The van der Waals surface area contributed by atoms with Gasteiger partial charge in [0.2, 0.25) is 5.91 Å². The van der Waals surface area contributed by atoms with Gasteiger partial charge in [0.15, 0.2) is 0 Å². The number of carbonyl (C=O) groups is 1. The van der Waals surface area contributed by atoms with Crippen molar-refractivity contribution in [3.8, 4) is 0 Å². The SMILES string of the molecule is CC(C(=O)N1CCC(Cc2ccccc2)CC1)N1CCN(CC2CCCO2)CC1. The van der Waals surface area contributed by atoms with Crippen molar-refractivity contribution in [1.82, 2.24) is 14.7 Å². The molecule has 3 fully saturated rings. The maximum atomic E-state index is 13.1. The molecule has 3 aliphatic heterocycles. The van der Waals surface area contributed by atoms with E-state index in [1.807, 2.05) is 0 Å². The molecule has 0 bridgehead atoms. The van der Waals surface area contributed by atoms with E-state index in [0.29, 0.717) is 17.9 Å². The van der Waals surface area contributed by atoms with Crippen LogP contribution in [-0.4, -0.2) is 85.2 Å². The predicted molar refractivity (Wildman–Crippen MR) is 116 cm³/mol. The van der Waals surface area contributed by atoms with E-state index < -0.39 is 0 Å². The Kier molecular flexibility index (Phi) is 7.22. The summed E-state index contributed by atoms with van der Waals surface area (Å²) in [5, 5.41) is 0. The van der Waals surface area contributed by atoms with Crippen molar-refractivity contribution in [3.63, 3.8) is 0 Å². The number of hydrogen-bond acceptors (Lipinski definition) is 4. The fourth-order valence-corrected chi connectivity index (χ4v) is 5.13. The topological polar surface area (TPSA) is 36.0 Å². The molecular formula is C24H37N3O2. The van der Waals surface area contributed by atoms with Crippen LogP contribution in [0, 0.1) is 5.92 Å². The minimum atomic E-state index is 0.00514. The Morgan fingerprint density at radius 3 is 2.41 bits per heavy atom. The Balaban J connectivity index is 1.19. The van der Waals surface area contributed by atoms with Gasteiger partial charge in [0.1, 0.15) is 0 Å². The lowest BCUT2D eigenvalue weighted by Crippen LogP contribution is -2.56. The summed E-state index contributed by atoms with van der Waals surface area (Å²) >= 11 is 0. The largest absolute Gasteiger partial charge is 0.377 e. The van der Waals surface area contributed by atoms with Gasteiger partial charge in [-0.05, 0) is 50.5 Å². The molecular weight excluding hydrogens is 362 g/mol. The van der Waals surface area contributed by atoms with Gasteiger partial charge in [0.25, 0.3) is 0 Å². The minimum absolute atomic E-state index is 0.00514. The van der Waals surface area contributed by atoms with Crippen LogP contribution in [0.15, 0.2) is 30.3 Å². The maximum absolute atomic E-state index is 13.1. The van der Waals surface area contributed by atoms with E-state index in [4.69, 9.17) is 4.74 Å². The van der Waals surface area contributed by atoms with Crippen LogP contribution in [-0.2, 0) is 16.0 Å². The first-order valence-corrected chi connectivity index (χ1v) is 11.6. The van der Waals surface area contributed by atoms with Gasteiger partial charge in [0, 0.05) is 52.4 Å². The summed E-state index contributed by atoms with van der Waals surface area (Å²) in [5.41, 5.74) is 1.42. The van der Waals surface area contributed by atoms with Crippen molar-refractivity contribution in [2.45, 2.75) is 51.2 Å². The molecule has 0 saturated carbocycles. The van der Waals surface area contributed by atoms with Crippen LogP contribution in [0.3, 0.4) is 0 Å². The van der Waals surface area contributed by atoms with Crippen molar-refractivity contribution in [2.24, 2.45) is 5.92 Å². The fraction of sp³-hybridized carbons (Fsp3) is 0.708. The molecule has 0 aliphatic carbocycles. The van der Waals surface area contributed by atoms with Gasteiger partial charge in [-0.3, -0.25) is 14.6 Å². The van der Waals surface area contributed by atoms with Gasteiger partial charge in [-0.25, -0.2) is 0 Å². The fourth-order valence-electron chi connectivity index (χ4n) is 5.13. The zero-order valence-corrected chi connectivity index (χ0v) is 18.0. The van der Waals surface area contributed by atoms with Gasteiger partial charge in [-0.1, -0.05) is 30.3 Å². The number of ether oxygens (including phenoxy) is 1. The van der Waals surface area contributed by atoms with Crippen molar-refractivity contribution in [2.75, 3.05) is 52.4 Å². The van der Waals surface area contributed by atoms with Crippen LogP contribution in [0.1, 0.15) is 38.2 Å². The Hall–Kier alpha value is -1.43. The van der Waals surface area contributed by atoms with Crippen molar-refractivity contribution in [1.29, 1.82) is 0 Å². The Morgan fingerprint density at radius 1 is 1.03 bits per heavy atom. The summed E-state index contributed by atoms with van der Waals surface area (Å²) in [4.78, 5) is 20.1. The van der Waals surface area contributed by atoms with Gasteiger partial charge >= 0.3 is 0 Å². The van der Waals surface area contributed by atoms with Crippen LogP contribution < -0.4 is 0 Å². The summed E-state index contributed by atoms with van der Waals surface area (Å²) < 4.78 is 5.78. The quantitative estimate of drug-likeness (QED) is 0.737. The van der Waals surface area contributed by atoms with E-state index >= 15 is 0 Å². The molecule has 29 heavy (non-hydrogen) atoms. The molecule has 3 aliphatic rings. The third kappa shape index (κ3) is 5.59. The summed E-state index contributed by atoms with van der Waals surface area (Å²) in [6, 6.07) is 10.8. The van der Waals surface area contributed by atoms with Crippen molar-refractivity contribution < 1.29 is 9.53 Å². The highest BCUT2D eigenvalue weighted by atomic mass is 16.5. The Morgan fingerprint density at radius 2 is 1.76 bits per heavy atom. The number of likely N-dealkylation sites (tertiary alicyclic amines) is 1. The lowest BCUT2D eigenvalue weighted by molar-refractivity contribution is -0.138. The highest BCUT2D eigenvalue weighted by molar-refractivity contribution is 5.81. The number of piperazine rings is 1. The second-order valence-electron chi connectivity index (χ2n) is 9.11. The van der Waals surface area contributed by atoms with Gasteiger partial charge in [-0.2, -0.15) is 0 Å². The number of carbonyl (C=O) groups excluding carboxylic acids is 1. The number of benzene rings is 1. The molecule has 0 N–H and O–H groups in total. The lowest BCUT2D eigenvalue weighted by atomic mass is 9.90. The summed E-state index contributed by atoms with van der Waals surface area (Å²) in [6.07, 6.45) is 6.24.